The summed E-state index contributed by atoms with van der Waals surface area (Å²) in [6.45, 7) is 4.09. The number of nitrogens with two attached hydrogens (primary N) is 1. The van der Waals surface area contributed by atoms with Gasteiger partial charge >= 0.3 is 0 Å². The summed E-state index contributed by atoms with van der Waals surface area (Å²) in [6.07, 6.45) is 0. The van der Waals surface area contributed by atoms with Crippen LogP contribution in [-0.2, 0) is 0 Å². The van der Waals surface area contributed by atoms with E-state index in [1.54, 1.807) is 6.07 Å². The predicted octanol–water partition coefficient (Wildman–Crippen LogP) is 4.77. The lowest BCUT2D eigenvalue weighted by Crippen LogP contribution is -2.04. The molecule has 108 valence electrons. The van der Waals surface area contributed by atoms with Crippen LogP contribution in [0.2, 0.25) is 0 Å². The number of benzene rings is 2. The van der Waals surface area contributed by atoms with Gasteiger partial charge in [0.05, 0.1) is 11.0 Å². The Hall–Kier alpha value is -1.88. The fraction of sp³-hybridized carbons (Fsp3) is 0.188. The van der Waals surface area contributed by atoms with E-state index in [2.05, 4.69) is 20.9 Å². The molecule has 1 heterocycles. The first kappa shape index (κ1) is 14.1. The minimum absolute atomic E-state index is 0.144. The molecule has 3 nitrogen and oxygen atoms in total. The second kappa shape index (κ2) is 5.15. The Bertz CT molecular complexity index is 824. The van der Waals surface area contributed by atoms with Gasteiger partial charge in [-0.15, -0.1) is 0 Å². The van der Waals surface area contributed by atoms with Crippen molar-refractivity contribution in [2.24, 2.45) is 0 Å². The van der Waals surface area contributed by atoms with E-state index in [-0.39, 0.29) is 11.9 Å². The van der Waals surface area contributed by atoms with Gasteiger partial charge in [-0.05, 0) is 50.2 Å². The minimum Gasteiger partial charge on any atom is -0.398 e. The number of nitrogen functional groups attached to an aromatic ring is 1. The Morgan fingerprint density at radius 1 is 1.19 bits per heavy atom. The van der Waals surface area contributed by atoms with E-state index in [0.717, 1.165) is 26.9 Å². The Morgan fingerprint density at radius 3 is 2.67 bits per heavy atom. The van der Waals surface area contributed by atoms with Crippen molar-refractivity contribution in [3.63, 3.8) is 0 Å². The van der Waals surface area contributed by atoms with E-state index in [1.165, 1.54) is 12.1 Å². The molecule has 0 unspecified atom stereocenters. The summed E-state index contributed by atoms with van der Waals surface area (Å²) in [5.74, 6) is 0.488. The van der Waals surface area contributed by atoms with Gasteiger partial charge in [0, 0.05) is 21.8 Å². The van der Waals surface area contributed by atoms with Gasteiger partial charge in [-0.1, -0.05) is 15.9 Å². The molecular weight excluding hydrogens is 333 g/mol. The lowest BCUT2D eigenvalue weighted by atomic mass is 10.1. The molecule has 1 aromatic heterocycles. The molecule has 3 rings (SSSR count). The maximum Gasteiger partial charge on any atom is 0.143 e. The summed E-state index contributed by atoms with van der Waals surface area (Å²) < 4.78 is 16.5. The van der Waals surface area contributed by atoms with Gasteiger partial charge in [0.1, 0.15) is 11.6 Å². The highest BCUT2D eigenvalue weighted by Gasteiger charge is 2.17. The fourth-order valence-corrected chi connectivity index (χ4v) is 2.86. The van der Waals surface area contributed by atoms with Crippen LogP contribution in [0.3, 0.4) is 0 Å². The first-order chi connectivity index (χ1) is 9.97. The molecule has 5 heteroatoms. The molecule has 0 spiro atoms. The summed E-state index contributed by atoms with van der Waals surface area (Å²) in [4.78, 5) is 4.64. The molecule has 0 aliphatic carbocycles. The third-order valence-electron chi connectivity index (χ3n) is 3.42. The van der Waals surface area contributed by atoms with Crippen molar-refractivity contribution in [3.8, 4) is 11.4 Å². The van der Waals surface area contributed by atoms with E-state index < -0.39 is 0 Å². The Morgan fingerprint density at radius 2 is 1.95 bits per heavy atom. The van der Waals surface area contributed by atoms with E-state index in [1.807, 2.05) is 36.6 Å². The zero-order valence-electron chi connectivity index (χ0n) is 11.8. The van der Waals surface area contributed by atoms with Crippen LogP contribution in [0.4, 0.5) is 10.1 Å². The average Bonchev–Trinajstić information content (AvgIpc) is 2.79. The molecule has 0 aliphatic rings. The second-order valence-corrected chi connectivity index (χ2v) is 6.18. The fourth-order valence-electron chi connectivity index (χ4n) is 2.50. The van der Waals surface area contributed by atoms with E-state index in [9.17, 15) is 4.39 Å². The Kier molecular flexibility index (Phi) is 3.45. The van der Waals surface area contributed by atoms with Crippen LogP contribution in [0.5, 0.6) is 0 Å². The molecule has 0 saturated carbocycles. The monoisotopic (exact) mass is 347 g/mol. The molecule has 0 bridgehead atoms. The number of rotatable bonds is 2. The van der Waals surface area contributed by atoms with Gasteiger partial charge < -0.3 is 10.3 Å². The maximum atomic E-state index is 13.6. The number of imidazole rings is 1. The molecular formula is C16H15BrFN3. The van der Waals surface area contributed by atoms with Crippen LogP contribution in [0.25, 0.3) is 22.4 Å². The minimum atomic E-state index is -0.266. The number of hydrogen-bond donors (Lipinski definition) is 1. The van der Waals surface area contributed by atoms with Crippen LogP contribution in [0, 0.1) is 5.82 Å². The normalized spacial score (nSPS) is 11.5. The molecule has 0 fully saturated rings. The third-order valence-corrected chi connectivity index (χ3v) is 3.92. The van der Waals surface area contributed by atoms with Gasteiger partial charge in [-0.3, -0.25) is 0 Å². The molecule has 0 atom stereocenters. The Labute approximate surface area is 130 Å². The topological polar surface area (TPSA) is 43.8 Å². The summed E-state index contributed by atoms with van der Waals surface area (Å²) in [5.41, 5.74) is 9.13. The SMILES string of the molecule is CC(C)n1c(-c2cc(Br)ccc2N)nc2ccc(F)cc21. The zero-order chi connectivity index (χ0) is 15.1. The number of halogens is 2. The molecule has 0 saturated heterocycles. The summed E-state index contributed by atoms with van der Waals surface area (Å²) in [7, 11) is 0. The number of hydrogen-bond acceptors (Lipinski definition) is 2. The molecule has 21 heavy (non-hydrogen) atoms. The van der Waals surface area contributed by atoms with Gasteiger partial charge in [-0.2, -0.15) is 0 Å². The highest BCUT2D eigenvalue weighted by Crippen LogP contribution is 2.33. The molecule has 0 radical (unpaired) electrons. The van der Waals surface area contributed by atoms with Gasteiger partial charge in [0.25, 0.3) is 0 Å². The first-order valence-electron chi connectivity index (χ1n) is 6.70. The quantitative estimate of drug-likeness (QED) is 0.678. The standard InChI is InChI=1S/C16H15BrFN3/c1-9(2)21-15-8-11(18)4-6-14(15)20-16(21)12-7-10(17)3-5-13(12)19/h3-9H,19H2,1-2H3. The lowest BCUT2D eigenvalue weighted by molar-refractivity contribution is 0.613. The summed E-state index contributed by atoms with van der Waals surface area (Å²) in [5, 5.41) is 0. The van der Waals surface area contributed by atoms with Gasteiger partial charge in [-0.25, -0.2) is 9.37 Å². The third kappa shape index (κ3) is 2.42. The van der Waals surface area contributed by atoms with Gasteiger partial charge in [0.2, 0.25) is 0 Å². The lowest BCUT2D eigenvalue weighted by Gasteiger charge is -2.14. The smallest absolute Gasteiger partial charge is 0.143 e. The largest absolute Gasteiger partial charge is 0.398 e. The number of fused-ring (bicyclic) bond motifs is 1. The second-order valence-electron chi connectivity index (χ2n) is 5.26. The summed E-state index contributed by atoms with van der Waals surface area (Å²) in [6, 6.07) is 10.4. The van der Waals surface area contributed by atoms with Crippen molar-refractivity contribution >= 4 is 32.7 Å². The van der Waals surface area contributed by atoms with Crippen LogP contribution in [0.1, 0.15) is 19.9 Å². The molecule has 2 N–H and O–H groups in total. The first-order valence-corrected chi connectivity index (χ1v) is 7.49. The molecule has 0 amide bonds. The van der Waals surface area contributed by atoms with Crippen LogP contribution < -0.4 is 5.73 Å². The molecule has 3 aromatic rings. The van der Waals surface area contributed by atoms with Crippen molar-refractivity contribution in [2.75, 3.05) is 5.73 Å². The van der Waals surface area contributed by atoms with E-state index in [4.69, 9.17) is 5.73 Å². The number of anilines is 1. The highest BCUT2D eigenvalue weighted by atomic mass is 79.9. The number of aromatic nitrogens is 2. The average molecular weight is 348 g/mol. The van der Waals surface area contributed by atoms with Crippen molar-refractivity contribution < 1.29 is 4.39 Å². The molecule has 0 aliphatic heterocycles. The highest BCUT2D eigenvalue weighted by molar-refractivity contribution is 9.10. The maximum absolute atomic E-state index is 13.6. The van der Waals surface area contributed by atoms with Crippen molar-refractivity contribution in [3.05, 3.63) is 46.7 Å². The van der Waals surface area contributed by atoms with E-state index >= 15 is 0 Å². The van der Waals surface area contributed by atoms with Crippen molar-refractivity contribution in [2.45, 2.75) is 19.9 Å². The molecule has 2 aromatic carbocycles. The van der Waals surface area contributed by atoms with Gasteiger partial charge in [0.15, 0.2) is 0 Å². The Balaban J connectivity index is 2.36. The van der Waals surface area contributed by atoms with Crippen LogP contribution in [-0.4, -0.2) is 9.55 Å². The van der Waals surface area contributed by atoms with Crippen molar-refractivity contribution in [1.82, 2.24) is 9.55 Å². The van der Waals surface area contributed by atoms with Crippen molar-refractivity contribution in [1.29, 1.82) is 0 Å². The predicted molar refractivity (Wildman–Crippen MR) is 87.6 cm³/mol. The number of nitrogens with zero attached hydrogens (tertiary/aromatic N) is 2. The zero-order valence-corrected chi connectivity index (χ0v) is 13.4. The van der Waals surface area contributed by atoms with Crippen LogP contribution >= 0.6 is 15.9 Å². The summed E-state index contributed by atoms with van der Waals surface area (Å²) >= 11 is 3.46. The van der Waals surface area contributed by atoms with E-state index in [0.29, 0.717) is 5.69 Å². The van der Waals surface area contributed by atoms with Crippen LogP contribution in [0.15, 0.2) is 40.9 Å².